The Morgan fingerprint density at radius 1 is 1.35 bits per heavy atom. The van der Waals surface area contributed by atoms with Crippen molar-refractivity contribution in [1.29, 1.82) is 0 Å². The quantitative estimate of drug-likeness (QED) is 0.658. The predicted molar refractivity (Wildman–Crippen MR) is 80.6 cm³/mol. The van der Waals surface area contributed by atoms with Gasteiger partial charge in [-0.2, -0.15) is 0 Å². The molecule has 0 saturated heterocycles. The molecule has 0 aliphatic heterocycles. The fourth-order valence-electron chi connectivity index (χ4n) is 2.92. The summed E-state index contributed by atoms with van der Waals surface area (Å²) in [7, 11) is 0. The molecule has 2 rings (SSSR count). The maximum atomic E-state index is 12.4. The molecular formula is C16H30N2O2. The van der Waals surface area contributed by atoms with E-state index < -0.39 is 5.54 Å². The van der Waals surface area contributed by atoms with Gasteiger partial charge >= 0.3 is 5.97 Å². The van der Waals surface area contributed by atoms with Crippen molar-refractivity contribution >= 4 is 5.97 Å². The van der Waals surface area contributed by atoms with Crippen LogP contribution in [0.4, 0.5) is 0 Å². The molecule has 0 amide bonds. The van der Waals surface area contributed by atoms with Crippen LogP contribution >= 0.6 is 0 Å². The summed E-state index contributed by atoms with van der Waals surface area (Å²) < 4.78 is 5.30. The Kier molecular flexibility index (Phi) is 5.08. The Morgan fingerprint density at radius 3 is 2.45 bits per heavy atom. The molecule has 20 heavy (non-hydrogen) atoms. The molecule has 0 aromatic heterocycles. The number of carbonyl (C=O) groups is 1. The fraction of sp³-hybridized carbons (Fsp3) is 0.938. The molecule has 0 heterocycles. The van der Waals surface area contributed by atoms with Gasteiger partial charge in [0.15, 0.2) is 0 Å². The zero-order valence-corrected chi connectivity index (χ0v) is 13.4. The molecule has 2 aliphatic carbocycles. The first-order chi connectivity index (χ1) is 9.44. The van der Waals surface area contributed by atoms with Crippen molar-refractivity contribution in [2.75, 3.05) is 19.7 Å². The van der Waals surface area contributed by atoms with Gasteiger partial charge in [-0.1, -0.05) is 0 Å². The molecule has 0 aromatic carbocycles. The van der Waals surface area contributed by atoms with Crippen molar-refractivity contribution in [3.8, 4) is 0 Å². The normalized spacial score (nSPS) is 22.1. The van der Waals surface area contributed by atoms with Gasteiger partial charge in [0.05, 0.1) is 6.61 Å². The lowest BCUT2D eigenvalue weighted by Crippen LogP contribution is -2.60. The Morgan fingerprint density at radius 2 is 2.00 bits per heavy atom. The average Bonchev–Trinajstić information content (AvgIpc) is 3.21. The van der Waals surface area contributed by atoms with Crippen LogP contribution in [0.2, 0.25) is 0 Å². The number of hydrogen-bond donors (Lipinski definition) is 1. The van der Waals surface area contributed by atoms with Gasteiger partial charge in [-0.05, 0) is 59.3 Å². The average molecular weight is 282 g/mol. The van der Waals surface area contributed by atoms with Crippen LogP contribution in [0.25, 0.3) is 0 Å². The maximum Gasteiger partial charge on any atom is 0.327 e. The second-order valence-electron chi connectivity index (χ2n) is 6.96. The first-order valence-corrected chi connectivity index (χ1v) is 8.13. The standard InChI is InChI=1S/C16H30N2O2/c1-5-20-15(19)16(4,17-12(2)3)11-18(14-8-9-14)10-13-6-7-13/h12-14,17H,5-11H2,1-4H3. The summed E-state index contributed by atoms with van der Waals surface area (Å²) >= 11 is 0. The molecule has 1 N–H and O–H groups in total. The summed E-state index contributed by atoms with van der Waals surface area (Å²) in [5.41, 5.74) is -0.596. The number of ether oxygens (including phenoxy) is 1. The van der Waals surface area contributed by atoms with Crippen molar-refractivity contribution < 1.29 is 9.53 Å². The van der Waals surface area contributed by atoms with Crippen LogP contribution < -0.4 is 5.32 Å². The van der Waals surface area contributed by atoms with E-state index in [1.165, 1.54) is 25.7 Å². The Labute approximate surface area is 123 Å². The molecule has 2 fully saturated rings. The van der Waals surface area contributed by atoms with Crippen molar-refractivity contribution in [3.05, 3.63) is 0 Å². The molecular weight excluding hydrogens is 252 g/mol. The molecule has 4 nitrogen and oxygen atoms in total. The summed E-state index contributed by atoms with van der Waals surface area (Å²) in [5.74, 6) is 0.747. The van der Waals surface area contributed by atoms with Gasteiger partial charge in [0, 0.05) is 25.2 Å². The van der Waals surface area contributed by atoms with Gasteiger partial charge in [0.25, 0.3) is 0 Å². The van der Waals surface area contributed by atoms with E-state index >= 15 is 0 Å². The van der Waals surface area contributed by atoms with Crippen LogP contribution in [0.1, 0.15) is 53.4 Å². The lowest BCUT2D eigenvalue weighted by Gasteiger charge is -2.36. The Bertz CT molecular complexity index is 337. The van der Waals surface area contributed by atoms with Crippen LogP contribution in [0.5, 0.6) is 0 Å². The number of nitrogens with zero attached hydrogens (tertiary/aromatic N) is 1. The SMILES string of the molecule is CCOC(=O)C(C)(CN(CC1CC1)C1CC1)NC(C)C. The first-order valence-electron chi connectivity index (χ1n) is 8.13. The van der Waals surface area contributed by atoms with E-state index in [4.69, 9.17) is 4.74 Å². The zero-order chi connectivity index (χ0) is 14.8. The van der Waals surface area contributed by atoms with Crippen molar-refractivity contribution in [1.82, 2.24) is 10.2 Å². The van der Waals surface area contributed by atoms with Gasteiger partial charge in [-0.15, -0.1) is 0 Å². The van der Waals surface area contributed by atoms with Gasteiger partial charge in [-0.25, -0.2) is 0 Å². The van der Waals surface area contributed by atoms with Gasteiger partial charge in [0.1, 0.15) is 5.54 Å². The Balaban J connectivity index is 2.01. The summed E-state index contributed by atoms with van der Waals surface area (Å²) in [6, 6.07) is 0.963. The summed E-state index contributed by atoms with van der Waals surface area (Å²) in [5, 5.41) is 3.43. The lowest BCUT2D eigenvalue weighted by atomic mass is 10.00. The van der Waals surface area contributed by atoms with E-state index in [1.807, 2.05) is 13.8 Å². The minimum Gasteiger partial charge on any atom is -0.465 e. The van der Waals surface area contributed by atoms with Crippen molar-refractivity contribution in [2.45, 2.75) is 71.0 Å². The first kappa shape index (κ1) is 15.8. The molecule has 2 aliphatic rings. The summed E-state index contributed by atoms with van der Waals surface area (Å²) in [6.07, 6.45) is 5.29. The van der Waals surface area contributed by atoms with Crippen molar-refractivity contribution in [3.63, 3.8) is 0 Å². The minimum absolute atomic E-state index is 0.116. The highest BCUT2D eigenvalue weighted by atomic mass is 16.5. The topological polar surface area (TPSA) is 41.6 Å². The Hall–Kier alpha value is -0.610. The van der Waals surface area contributed by atoms with Crippen LogP contribution in [0.3, 0.4) is 0 Å². The van der Waals surface area contributed by atoms with Crippen LogP contribution in [-0.2, 0) is 9.53 Å². The van der Waals surface area contributed by atoms with E-state index in [0.717, 1.165) is 19.0 Å². The number of rotatable bonds is 9. The van der Waals surface area contributed by atoms with Gasteiger partial charge in [0.2, 0.25) is 0 Å². The highest BCUT2D eigenvalue weighted by molar-refractivity contribution is 5.80. The molecule has 0 radical (unpaired) electrons. The molecule has 0 spiro atoms. The number of esters is 1. The molecule has 1 atom stereocenters. The summed E-state index contributed by atoms with van der Waals surface area (Å²) in [4.78, 5) is 14.9. The second kappa shape index (κ2) is 6.44. The molecule has 1 unspecified atom stereocenters. The predicted octanol–water partition coefficient (Wildman–Crippen LogP) is 2.18. The molecule has 0 aromatic rings. The number of nitrogens with one attached hydrogen (secondary N) is 1. The van der Waals surface area contributed by atoms with Gasteiger partial charge in [-0.3, -0.25) is 15.0 Å². The number of carbonyl (C=O) groups excluding carboxylic acids is 1. The van der Waals surface area contributed by atoms with E-state index in [0.29, 0.717) is 12.6 Å². The van der Waals surface area contributed by atoms with Crippen molar-refractivity contribution in [2.24, 2.45) is 5.92 Å². The molecule has 0 bridgehead atoms. The third-order valence-corrected chi connectivity index (χ3v) is 4.11. The highest BCUT2D eigenvalue weighted by Gasteiger charge is 2.42. The zero-order valence-electron chi connectivity index (χ0n) is 13.4. The monoisotopic (exact) mass is 282 g/mol. The fourth-order valence-corrected chi connectivity index (χ4v) is 2.92. The third kappa shape index (κ3) is 4.45. The van der Waals surface area contributed by atoms with E-state index in [1.54, 1.807) is 0 Å². The molecule has 4 heteroatoms. The van der Waals surface area contributed by atoms with E-state index in [-0.39, 0.29) is 12.0 Å². The molecule has 116 valence electrons. The van der Waals surface area contributed by atoms with Gasteiger partial charge < -0.3 is 4.74 Å². The summed E-state index contributed by atoms with van der Waals surface area (Å²) in [6.45, 7) is 10.4. The van der Waals surface area contributed by atoms with E-state index in [2.05, 4.69) is 24.1 Å². The van der Waals surface area contributed by atoms with Crippen LogP contribution in [0.15, 0.2) is 0 Å². The van der Waals surface area contributed by atoms with Crippen LogP contribution in [-0.4, -0.2) is 48.2 Å². The minimum atomic E-state index is -0.596. The molecule has 2 saturated carbocycles. The van der Waals surface area contributed by atoms with Crippen LogP contribution in [0, 0.1) is 5.92 Å². The number of hydrogen-bond acceptors (Lipinski definition) is 4. The highest BCUT2D eigenvalue weighted by Crippen LogP contribution is 2.35. The lowest BCUT2D eigenvalue weighted by molar-refractivity contribution is -0.151. The smallest absolute Gasteiger partial charge is 0.327 e. The maximum absolute atomic E-state index is 12.4. The van der Waals surface area contributed by atoms with E-state index in [9.17, 15) is 4.79 Å². The second-order valence-corrected chi connectivity index (χ2v) is 6.96. The largest absolute Gasteiger partial charge is 0.465 e. The third-order valence-electron chi connectivity index (χ3n) is 4.11.